The molecule has 1 rings (SSSR count). The fourth-order valence-electron chi connectivity index (χ4n) is 1.70. The van der Waals surface area contributed by atoms with E-state index in [1.807, 2.05) is 26.8 Å². The van der Waals surface area contributed by atoms with Crippen molar-refractivity contribution in [1.82, 2.24) is 0 Å². The summed E-state index contributed by atoms with van der Waals surface area (Å²) in [6.07, 6.45) is -0.268. The van der Waals surface area contributed by atoms with Crippen molar-refractivity contribution in [3.8, 4) is 5.75 Å². The van der Waals surface area contributed by atoms with Crippen LogP contribution in [0.5, 0.6) is 5.75 Å². The van der Waals surface area contributed by atoms with Crippen molar-refractivity contribution in [3.05, 3.63) is 22.7 Å². The van der Waals surface area contributed by atoms with Crippen molar-refractivity contribution in [3.63, 3.8) is 0 Å². The quantitative estimate of drug-likeness (QED) is 0.743. The fraction of sp³-hybridized carbons (Fsp3) is 0.571. The highest BCUT2D eigenvalue weighted by molar-refractivity contribution is 6.31. The van der Waals surface area contributed by atoms with Gasteiger partial charge in [0.25, 0.3) is 0 Å². The van der Waals surface area contributed by atoms with E-state index in [4.69, 9.17) is 25.8 Å². The molecule has 1 aromatic carbocycles. The Hall–Kier alpha value is -0.970. The van der Waals surface area contributed by atoms with Gasteiger partial charge < -0.3 is 19.5 Å². The van der Waals surface area contributed by atoms with Crippen molar-refractivity contribution in [1.29, 1.82) is 0 Å². The van der Waals surface area contributed by atoms with Crippen molar-refractivity contribution >= 4 is 17.3 Å². The number of halogens is 1. The number of nitrogens with one attached hydrogen (secondary N) is 1. The van der Waals surface area contributed by atoms with E-state index < -0.39 is 0 Å². The number of rotatable bonds is 8. The molecule has 108 valence electrons. The van der Waals surface area contributed by atoms with Gasteiger partial charge in [0.15, 0.2) is 6.29 Å². The molecule has 0 heterocycles. The lowest BCUT2D eigenvalue weighted by atomic mass is 10.2. The van der Waals surface area contributed by atoms with Gasteiger partial charge in [0.2, 0.25) is 0 Å². The number of benzene rings is 1. The van der Waals surface area contributed by atoms with E-state index in [0.717, 1.165) is 11.3 Å². The molecule has 0 aromatic heterocycles. The zero-order valence-electron chi connectivity index (χ0n) is 12.0. The maximum atomic E-state index is 6.07. The predicted molar refractivity (Wildman–Crippen MR) is 78.3 cm³/mol. The van der Waals surface area contributed by atoms with Gasteiger partial charge in [-0.25, -0.2) is 0 Å². The van der Waals surface area contributed by atoms with Gasteiger partial charge in [-0.3, -0.25) is 0 Å². The zero-order chi connectivity index (χ0) is 14.3. The number of aryl methyl sites for hydroxylation is 1. The van der Waals surface area contributed by atoms with E-state index in [2.05, 4.69) is 5.32 Å². The summed E-state index contributed by atoms with van der Waals surface area (Å²) in [5.41, 5.74) is 1.88. The smallest absolute Gasteiger partial charge is 0.174 e. The predicted octanol–water partition coefficient (Wildman–Crippen LogP) is 3.47. The molecular formula is C14H22ClNO3. The summed E-state index contributed by atoms with van der Waals surface area (Å²) < 4.78 is 16.3. The third-order valence-corrected chi connectivity index (χ3v) is 3.05. The molecule has 0 saturated heterocycles. The molecule has 0 bridgehead atoms. The van der Waals surface area contributed by atoms with Gasteiger partial charge in [0.05, 0.1) is 19.3 Å². The largest absolute Gasteiger partial charge is 0.495 e. The second-order valence-corrected chi connectivity index (χ2v) is 4.43. The number of hydrogen-bond acceptors (Lipinski definition) is 4. The molecule has 1 N–H and O–H groups in total. The molecule has 0 atom stereocenters. The molecule has 1 aromatic rings. The lowest BCUT2D eigenvalue weighted by Gasteiger charge is -2.19. The molecule has 0 aliphatic heterocycles. The molecule has 0 amide bonds. The molecule has 4 nitrogen and oxygen atoms in total. The van der Waals surface area contributed by atoms with E-state index in [1.165, 1.54) is 0 Å². The van der Waals surface area contributed by atoms with Crippen molar-refractivity contribution in [2.45, 2.75) is 27.1 Å². The first-order chi connectivity index (χ1) is 9.12. The van der Waals surface area contributed by atoms with E-state index in [1.54, 1.807) is 13.2 Å². The highest BCUT2D eigenvalue weighted by atomic mass is 35.5. The maximum Gasteiger partial charge on any atom is 0.174 e. The second kappa shape index (κ2) is 8.25. The summed E-state index contributed by atoms with van der Waals surface area (Å²) in [6, 6.07) is 3.76. The minimum atomic E-state index is -0.268. The number of anilines is 1. The minimum absolute atomic E-state index is 0.268. The zero-order valence-corrected chi connectivity index (χ0v) is 12.7. The molecule has 0 spiro atoms. The first kappa shape index (κ1) is 16.1. The molecule has 5 heteroatoms. The van der Waals surface area contributed by atoms with Crippen LogP contribution < -0.4 is 10.1 Å². The van der Waals surface area contributed by atoms with E-state index >= 15 is 0 Å². The van der Waals surface area contributed by atoms with Crippen LogP contribution in [-0.4, -0.2) is 33.2 Å². The first-order valence-electron chi connectivity index (χ1n) is 6.43. The van der Waals surface area contributed by atoms with Gasteiger partial charge >= 0.3 is 0 Å². The van der Waals surface area contributed by atoms with Crippen LogP contribution in [0.2, 0.25) is 5.02 Å². The van der Waals surface area contributed by atoms with Crippen LogP contribution in [-0.2, 0) is 9.47 Å². The van der Waals surface area contributed by atoms with Crippen LogP contribution in [0.3, 0.4) is 0 Å². The van der Waals surface area contributed by atoms with Gasteiger partial charge in [-0.2, -0.15) is 0 Å². The highest BCUT2D eigenvalue weighted by Gasteiger charge is 2.11. The summed E-state index contributed by atoms with van der Waals surface area (Å²) in [5.74, 6) is 0.711. The Balaban J connectivity index is 2.72. The molecule has 0 aliphatic rings. The van der Waals surface area contributed by atoms with E-state index in [0.29, 0.717) is 30.5 Å². The van der Waals surface area contributed by atoms with Crippen LogP contribution in [0.1, 0.15) is 19.4 Å². The first-order valence-corrected chi connectivity index (χ1v) is 6.81. The molecule has 0 radical (unpaired) electrons. The topological polar surface area (TPSA) is 39.7 Å². The Kier molecular flexibility index (Phi) is 6.99. The van der Waals surface area contributed by atoms with Crippen molar-refractivity contribution in [2.24, 2.45) is 0 Å². The summed E-state index contributed by atoms with van der Waals surface area (Å²) in [4.78, 5) is 0. The third kappa shape index (κ3) is 4.90. The molecule has 0 aliphatic carbocycles. The van der Waals surface area contributed by atoms with Crippen molar-refractivity contribution in [2.75, 3.05) is 32.2 Å². The molecule has 19 heavy (non-hydrogen) atoms. The Labute approximate surface area is 120 Å². The molecular weight excluding hydrogens is 266 g/mol. The molecule has 0 saturated carbocycles. The van der Waals surface area contributed by atoms with E-state index in [-0.39, 0.29) is 6.29 Å². The maximum absolute atomic E-state index is 6.07. The Morgan fingerprint density at radius 2 is 1.84 bits per heavy atom. The van der Waals surface area contributed by atoms with Crippen molar-refractivity contribution < 1.29 is 14.2 Å². The standard InChI is InChI=1S/C14H22ClNO3/c1-5-18-14(19-6-2)9-16-12-7-10(3)11(15)8-13(12)17-4/h7-8,14,16H,5-6,9H2,1-4H3. The SMILES string of the molecule is CCOC(CNc1cc(C)c(Cl)cc1OC)OCC. The average Bonchev–Trinajstić information content (AvgIpc) is 2.39. The van der Waals surface area contributed by atoms with Gasteiger partial charge in [-0.15, -0.1) is 0 Å². The van der Waals surface area contributed by atoms with Gasteiger partial charge in [-0.05, 0) is 32.4 Å². The number of ether oxygens (including phenoxy) is 3. The lowest BCUT2D eigenvalue weighted by Crippen LogP contribution is -2.26. The van der Waals surface area contributed by atoms with Gasteiger partial charge in [0.1, 0.15) is 5.75 Å². The number of hydrogen-bond donors (Lipinski definition) is 1. The molecule has 0 fully saturated rings. The van der Waals surface area contributed by atoms with Gasteiger partial charge in [0, 0.05) is 24.3 Å². The Bertz CT molecular complexity index is 393. The Morgan fingerprint density at radius 3 is 2.37 bits per heavy atom. The summed E-state index contributed by atoms with van der Waals surface area (Å²) in [7, 11) is 1.62. The summed E-state index contributed by atoms with van der Waals surface area (Å²) >= 11 is 6.07. The van der Waals surface area contributed by atoms with E-state index in [9.17, 15) is 0 Å². The lowest BCUT2D eigenvalue weighted by molar-refractivity contribution is -0.126. The monoisotopic (exact) mass is 287 g/mol. The Morgan fingerprint density at radius 1 is 1.21 bits per heavy atom. The number of methoxy groups -OCH3 is 1. The van der Waals surface area contributed by atoms with Crippen LogP contribution in [0.15, 0.2) is 12.1 Å². The summed E-state index contributed by atoms with van der Waals surface area (Å²) in [6.45, 7) is 7.62. The van der Waals surface area contributed by atoms with Crippen LogP contribution in [0, 0.1) is 6.92 Å². The minimum Gasteiger partial charge on any atom is -0.495 e. The normalized spacial score (nSPS) is 10.8. The van der Waals surface area contributed by atoms with Crippen LogP contribution >= 0.6 is 11.6 Å². The second-order valence-electron chi connectivity index (χ2n) is 4.02. The molecule has 0 unspecified atom stereocenters. The summed E-state index contributed by atoms with van der Waals surface area (Å²) in [5, 5.41) is 3.96. The van der Waals surface area contributed by atoms with Crippen LogP contribution in [0.4, 0.5) is 5.69 Å². The van der Waals surface area contributed by atoms with Crippen LogP contribution in [0.25, 0.3) is 0 Å². The highest BCUT2D eigenvalue weighted by Crippen LogP contribution is 2.30. The third-order valence-electron chi connectivity index (χ3n) is 2.65. The van der Waals surface area contributed by atoms with Gasteiger partial charge in [-0.1, -0.05) is 11.6 Å². The fourth-order valence-corrected chi connectivity index (χ4v) is 1.85. The average molecular weight is 288 g/mol.